The van der Waals surface area contributed by atoms with E-state index in [4.69, 9.17) is 4.74 Å². The Kier molecular flexibility index (Phi) is 9.47. The summed E-state index contributed by atoms with van der Waals surface area (Å²) >= 11 is 0. The van der Waals surface area contributed by atoms with E-state index < -0.39 is 46.6 Å². The highest BCUT2D eigenvalue weighted by Gasteiger charge is 2.45. The summed E-state index contributed by atoms with van der Waals surface area (Å²) < 4.78 is 43.9. The van der Waals surface area contributed by atoms with Gasteiger partial charge in [0.1, 0.15) is 18.8 Å². The number of nitrogens with one attached hydrogen (secondary N) is 1. The Morgan fingerprint density at radius 3 is 2.44 bits per heavy atom. The predicted octanol–water partition coefficient (Wildman–Crippen LogP) is 4.26. The van der Waals surface area contributed by atoms with E-state index in [1.807, 2.05) is 12.1 Å². The van der Waals surface area contributed by atoms with Gasteiger partial charge in [0.2, 0.25) is 0 Å². The molecule has 0 unspecified atom stereocenters. The molecule has 0 bridgehead atoms. The number of alkyl halides is 1. The minimum absolute atomic E-state index is 0.00452. The van der Waals surface area contributed by atoms with Gasteiger partial charge < -0.3 is 10.1 Å². The van der Waals surface area contributed by atoms with Crippen molar-refractivity contribution in [3.05, 3.63) is 70.4 Å². The lowest BCUT2D eigenvalue weighted by molar-refractivity contribution is -0.143. The van der Waals surface area contributed by atoms with Crippen molar-refractivity contribution in [3.8, 4) is 12.1 Å². The topological polar surface area (TPSA) is 161 Å². The summed E-state index contributed by atoms with van der Waals surface area (Å²) in [5, 5.41) is 22.1. The van der Waals surface area contributed by atoms with Gasteiger partial charge in [-0.15, -0.1) is 0 Å². The summed E-state index contributed by atoms with van der Waals surface area (Å²) in [5.74, 6) is -0.767. The van der Waals surface area contributed by atoms with Crippen LogP contribution in [0.2, 0.25) is 0 Å². The first kappa shape index (κ1) is 30.8. The van der Waals surface area contributed by atoms with E-state index in [9.17, 15) is 37.7 Å². The maximum atomic E-state index is 14.1. The van der Waals surface area contributed by atoms with Crippen molar-refractivity contribution in [3.63, 3.8) is 0 Å². The first-order chi connectivity index (χ1) is 19.4. The van der Waals surface area contributed by atoms with Crippen LogP contribution in [0.1, 0.15) is 49.4 Å². The lowest BCUT2D eigenvalue weighted by Crippen LogP contribution is -2.57. The second-order valence-corrected chi connectivity index (χ2v) is 11.2. The molecule has 13 heteroatoms. The lowest BCUT2D eigenvalue weighted by Gasteiger charge is -2.41. The van der Waals surface area contributed by atoms with Gasteiger partial charge in [-0.3, -0.25) is 4.90 Å². The molecule has 41 heavy (non-hydrogen) atoms. The normalized spacial score (nSPS) is 16.1. The van der Waals surface area contributed by atoms with E-state index in [1.54, 1.807) is 6.92 Å². The first-order valence-corrected chi connectivity index (χ1v) is 14.3. The van der Waals surface area contributed by atoms with Crippen molar-refractivity contribution in [1.29, 1.82) is 10.5 Å². The number of nitrogens with zero attached hydrogens (tertiary/aromatic N) is 4. The number of urea groups is 2. The van der Waals surface area contributed by atoms with Gasteiger partial charge in [0, 0.05) is 12.0 Å². The maximum Gasteiger partial charge on any atom is 0.337 e. The SMILES string of the molecule is CCC[C@H](NC(=O)N1C(=O)N(c2cccc(CF)c2)C(C)=C(C#N)[C@H]1c1ccc(C#N)cc1S(C)(=O)=O)C(=O)OC. The van der Waals surface area contributed by atoms with Crippen molar-refractivity contribution >= 4 is 33.6 Å². The van der Waals surface area contributed by atoms with Gasteiger partial charge in [0.15, 0.2) is 9.84 Å². The maximum absolute atomic E-state index is 14.1. The number of hydrogen-bond acceptors (Lipinski definition) is 8. The van der Waals surface area contributed by atoms with Gasteiger partial charge in [0.05, 0.1) is 41.0 Å². The minimum atomic E-state index is -4.04. The number of hydrogen-bond donors (Lipinski definition) is 1. The van der Waals surface area contributed by atoms with Gasteiger partial charge in [-0.2, -0.15) is 10.5 Å². The number of nitriles is 2. The van der Waals surface area contributed by atoms with E-state index in [0.717, 1.165) is 24.3 Å². The molecule has 1 aliphatic rings. The lowest BCUT2D eigenvalue weighted by atomic mass is 9.93. The number of esters is 1. The Labute approximate surface area is 237 Å². The number of carbonyl (C=O) groups excluding carboxylic acids is 3. The number of benzene rings is 2. The number of imide groups is 1. The molecule has 0 radical (unpaired) electrons. The fourth-order valence-corrected chi connectivity index (χ4v) is 5.53. The molecule has 0 saturated carbocycles. The van der Waals surface area contributed by atoms with Crippen molar-refractivity contribution in [2.45, 2.75) is 50.3 Å². The van der Waals surface area contributed by atoms with Crippen LogP contribution in [0.5, 0.6) is 0 Å². The molecule has 11 nitrogen and oxygen atoms in total. The van der Waals surface area contributed by atoms with Crippen molar-refractivity contribution < 1.29 is 31.9 Å². The molecule has 0 aliphatic carbocycles. The van der Waals surface area contributed by atoms with Crippen LogP contribution < -0.4 is 10.2 Å². The summed E-state index contributed by atoms with van der Waals surface area (Å²) in [6.07, 6.45) is 1.53. The molecule has 214 valence electrons. The molecule has 1 N–H and O–H groups in total. The van der Waals surface area contributed by atoms with E-state index in [1.165, 1.54) is 43.3 Å². The molecule has 0 aromatic heterocycles. The molecular weight excluding hydrogens is 553 g/mol. The van der Waals surface area contributed by atoms with E-state index >= 15 is 0 Å². The molecule has 2 atom stereocenters. The zero-order chi connectivity index (χ0) is 30.5. The average Bonchev–Trinajstić information content (AvgIpc) is 2.95. The molecule has 2 aromatic rings. The van der Waals surface area contributed by atoms with Crippen LogP contribution in [-0.2, 0) is 26.0 Å². The average molecular weight is 582 g/mol. The Morgan fingerprint density at radius 1 is 1.17 bits per heavy atom. The van der Waals surface area contributed by atoms with Crippen LogP contribution in [0.3, 0.4) is 0 Å². The van der Waals surface area contributed by atoms with Crippen LogP contribution in [0, 0.1) is 22.7 Å². The number of methoxy groups -OCH3 is 1. The quantitative estimate of drug-likeness (QED) is 0.452. The van der Waals surface area contributed by atoms with Gasteiger partial charge in [-0.1, -0.05) is 31.5 Å². The zero-order valence-electron chi connectivity index (χ0n) is 22.8. The van der Waals surface area contributed by atoms with E-state index in [-0.39, 0.29) is 45.0 Å². The second-order valence-electron chi connectivity index (χ2n) is 9.26. The van der Waals surface area contributed by atoms with Crippen LogP contribution in [0.4, 0.5) is 19.7 Å². The number of sulfone groups is 1. The second kappa shape index (κ2) is 12.6. The number of carbonyl (C=O) groups is 3. The molecule has 0 saturated heterocycles. The Hall–Kier alpha value is -4.75. The van der Waals surface area contributed by atoms with Gasteiger partial charge in [-0.05, 0) is 48.7 Å². The van der Waals surface area contributed by atoms with E-state index in [2.05, 4.69) is 5.32 Å². The monoisotopic (exact) mass is 581 g/mol. The number of amides is 4. The van der Waals surface area contributed by atoms with Gasteiger partial charge >= 0.3 is 18.0 Å². The third kappa shape index (κ3) is 6.21. The van der Waals surface area contributed by atoms with Crippen molar-refractivity contribution in [2.24, 2.45) is 0 Å². The third-order valence-corrected chi connectivity index (χ3v) is 7.67. The Bertz CT molecular complexity index is 1610. The van der Waals surface area contributed by atoms with Crippen molar-refractivity contribution in [1.82, 2.24) is 10.2 Å². The fraction of sp³-hybridized carbons (Fsp3) is 0.321. The summed E-state index contributed by atoms with van der Waals surface area (Å²) in [6.45, 7) is 2.38. The van der Waals surface area contributed by atoms with Gasteiger partial charge in [0.25, 0.3) is 0 Å². The number of rotatable bonds is 8. The Balaban J connectivity index is 2.35. The largest absolute Gasteiger partial charge is 0.467 e. The van der Waals surface area contributed by atoms with E-state index in [0.29, 0.717) is 11.3 Å². The summed E-state index contributed by atoms with van der Waals surface area (Å²) in [7, 11) is -2.90. The van der Waals surface area contributed by atoms with Gasteiger partial charge in [-0.25, -0.2) is 32.1 Å². The first-order valence-electron chi connectivity index (χ1n) is 12.4. The molecule has 1 heterocycles. The van der Waals surface area contributed by atoms with Crippen LogP contribution >= 0.6 is 0 Å². The summed E-state index contributed by atoms with van der Waals surface area (Å²) in [5.41, 5.74) is 0.209. The molecule has 4 amide bonds. The smallest absolute Gasteiger partial charge is 0.337 e. The fourth-order valence-electron chi connectivity index (χ4n) is 4.58. The predicted molar refractivity (Wildman–Crippen MR) is 146 cm³/mol. The van der Waals surface area contributed by atoms with Crippen molar-refractivity contribution in [2.75, 3.05) is 18.3 Å². The zero-order valence-corrected chi connectivity index (χ0v) is 23.7. The van der Waals surface area contributed by atoms with Crippen LogP contribution in [-0.4, -0.2) is 50.8 Å². The molecule has 3 rings (SSSR count). The number of halogens is 1. The summed E-state index contributed by atoms with van der Waals surface area (Å²) in [6, 6.07) is 8.61. The highest BCUT2D eigenvalue weighted by molar-refractivity contribution is 7.90. The standard InChI is InChI=1S/C28H28FN5O6S/c1-5-7-23(26(35)40-3)32-27(36)34-25(21-11-10-19(15-30)13-24(21)41(4,38)39)22(16-31)17(2)33(28(34)37)20-9-6-8-18(12-20)14-29/h6,8-13,23,25H,5,7,14H2,1-4H3,(H,32,36)/t23-,25+/m0/s1. The Morgan fingerprint density at radius 2 is 1.88 bits per heavy atom. The summed E-state index contributed by atoms with van der Waals surface area (Å²) in [4.78, 5) is 41.6. The molecule has 0 fully saturated rings. The number of anilines is 1. The molecule has 0 spiro atoms. The number of ether oxygens (including phenoxy) is 1. The highest BCUT2D eigenvalue weighted by Crippen LogP contribution is 2.41. The third-order valence-electron chi connectivity index (χ3n) is 6.51. The highest BCUT2D eigenvalue weighted by atomic mass is 32.2. The molecule has 1 aliphatic heterocycles. The van der Waals surface area contributed by atoms with Crippen LogP contribution in [0.15, 0.2) is 58.6 Å². The number of allylic oxidation sites excluding steroid dienone is 1. The molecule has 2 aromatic carbocycles. The molecular formula is C28H28FN5O6S. The van der Waals surface area contributed by atoms with Crippen LogP contribution in [0.25, 0.3) is 0 Å². The minimum Gasteiger partial charge on any atom is -0.467 e.